The van der Waals surface area contributed by atoms with E-state index in [1.54, 1.807) is 11.3 Å². The second-order valence-corrected chi connectivity index (χ2v) is 10.4. The Morgan fingerprint density at radius 2 is 1.32 bits per heavy atom. The van der Waals surface area contributed by atoms with Crippen LogP contribution in [0.25, 0.3) is 31.6 Å². The molecule has 0 fully saturated rings. The van der Waals surface area contributed by atoms with Crippen LogP contribution in [-0.4, -0.2) is 15.0 Å². The molecule has 192 valence electrons. The average Bonchev–Trinajstić information content (AvgIpc) is 3.36. The number of thiophene rings is 1. The molecule has 6 heteroatoms. The van der Waals surface area contributed by atoms with E-state index in [1.165, 1.54) is 15.5 Å². The molecule has 5 nitrogen and oxygen atoms in total. The highest BCUT2D eigenvalue weighted by Crippen LogP contribution is 2.40. The summed E-state index contributed by atoms with van der Waals surface area (Å²) < 4.78 is 7.24. The van der Waals surface area contributed by atoms with Crippen LogP contribution < -0.4 is 9.64 Å². The van der Waals surface area contributed by atoms with Crippen LogP contribution in [0.2, 0.25) is 0 Å². The summed E-state index contributed by atoms with van der Waals surface area (Å²) in [5.74, 6) is 2.72. The van der Waals surface area contributed by atoms with Crippen molar-refractivity contribution in [1.29, 1.82) is 0 Å². The third-order valence-electron chi connectivity index (χ3n) is 6.66. The van der Waals surface area contributed by atoms with Gasteiger partial charge in [-0.3, -0.25) is 4.90 Å². The van der Waals surface area contributed by atoms with Crippen molar-refractivity contribution in [2.24, 2.45) is 0 Å². The molecule has 7 aromatic rings. The lowest BCUT2D eigenvalue weighted by Gasteiger charge is -2.24. The molecule has 0 N–H and O–H groups in total. The van der Waals surface area contributed by atoms with E-state index < -0.39 is 0 Å². The molecule has 0 aliphatic rings. The average molecular weight is 537 g/mol. The topological polar surface area (TPSA) is 51.1 Å². The van der Waals surface area contributed by atoms with E-state index in [1.807, 2.05) is 85.8 Å². The lowest BCUT2D eigenvalue weighted by Crippen LogP contribution is -2.13. The number of nitrogens with zero attached hydrogens (tertiary/aromatic N) is 4. The van der Waals surface area contributed by atoms with Crippen molar-refractivity contribution < 1.29 is 4.74 Å². The number of hydrogen-bond acceptors (Lipinski definition) is 6. The highest BCUT2D eigenvalue weighted by Gasteiger charge is 2.18. The second kappa shape index (κ2) is 10.2. The van der Waals surface area contributed by atoms with Gasteiger partial charge < -0.3 is 4.74 Å². The zero-order valence-corrected chi connectivity index (χ0v) is 22.5. The summed E-state index contributed by atoms with van der Waals surface area (Å²) in [5, 5.41) is 2.37. The fourth-order valence-electron chi connectivity index (χ4n) is 4.82. The fourth-order valence-corrected chi connectivity index (χ4v) is 6.07. The number of fused-ring (bicyclic) bond motifs is 3. The molecular weight excluding hydrogens is 512 g/mol. The minimum Gasteiger partial charge on any atom is -0.439 e. The summed E-state index contributed by atoms with van der Waals surface area (Å²) in [6, 6.07) is 42.4. The van der Waals surface area contributed by atoms with Crippen LogP contribution in [0.5, 0.6) is 11.6 Å². The maximum absolute atomic E-state index is 6.06. The number of para-hydroxylation sites is 2. The van der Waals surface area contributed by atoms with E-state index in [2.05, 4.69) is 53.4 Å². The van der Waals surface area contributed by atoms with Crippen LogP contribution >= 0.6 is 11.3 Å². The standard InChI is InChI=1S/C34H24N4OS/c1-23-21-22-27-26-15-8-16-28(33(26)40-34(27)35-23)29-17-9-18-30(36-29)38(24-11-4-2-5-12-24)31-19-10-20-32(37-31)39-25-13-6-3-7-14-25/h2-22H,1H3. The van der Waals surface area contributed by atoms with Crippen molar-refractivity contribution in [2.45, 2.75) is 6.92 Å². The maximum Gasteiger partial charge on any atom is 0.221 e. The molecule has 0 aliphatic carbocycles. The molecule has 0 unspecified atom stereocenters. The first-order valence-corrected chi connectivity index (χ1v) is 13.9. The largest absolute Gasteiger partial charge is 0.439 e. The van der Waals surface area contributed by atoms with Crippen LogP contribution in [0.1, 0.15) is 5.69 Å². The van der Waals surface area contributed by atoms with Gasteiger partial charge in [0.1, 0.15) is 22.2 Å². The number of benzene rings is 3. The van der Waals surface area contributed by atoms with Gasteiger partial charge in [0.2, 0.25) is 5.88 Å². The quantitative estimate of drug-likeness (QED) is 0.212. The van der Waals surface area contributed by atoms with Gasteiger partial charge in [-0.05, 0) is 61.5 Å². The number of anilines is 3. The normalized spacial score (nSPS) is 11.1. The molecule has 0 amide bonds. The summed E-state index contributed by atoms with van der Waals surface area (Å²) in [6.07, 6.45) is 0. The van der Waals surface area contributed by atoms with E-state index in [0.717, 1.165) is 39.0 Å². The molecule has 3 aromatic carbocycles. The molecule has 0 atom stereocenters. The summed E-state index contributed by atoms with van der Waals surface area (Å²) >= 11 is 1.71. The maximum atomic E-state index is 6.06. The molecule has 0 saturated heterocycles. The van der Waals surface area contributed by atoms with E-state index >= 15 is 0 Å². The monoisotopic (exact) mass is 536 g/mol. The van der Waals surface area contributed by atoms with Crippen molar-refractivity contribution in [2.75, 3.05) is 4.90 Å². The first-order chi connectivity index (χ1) is 19.7. The van der Waals surface area contributed by atoms with Crippen LogP contribution in [0, 0.1) is 6.92 Å². The van der Waals surface area contributed by atoms with Crippen LogP contribution in [0.3, 0.4) is 0 Å². The highest BCUT2D eigenvalue weighted by atomic mass is 32.1. The Balaban J connectivity index is 1.34. The number of ether oxygens (including phenoxy) is 1. The van der Waals surface area contributed by atoms with Crippen molar-refractivity contribution in [1.82, 2.24) is 15.0 Å². The lowest BCUT2D eigenvalue weighted by molar-refractivity contribution is 0.463. The predicted molar refractivity (Wildman–Crippen MR) is 164 cm³/mol. The van der Waals surface area contributed by atoms with Crippen LogP contribution in [0.4, 0.5) is 17.3 Å². The van der Waals surface area contributed by atoms with E-state index in [4.69, 9.17) is 19.7 Å². The van der Waals surface area contributed by atoms with Crippen LogP contribution in [-0.2, 0) is 0 Å². The Morgan fingerprint density at radius 3 is 2.15 bits per heavy atom. The second-order valence-electron chi connectivity index (χ2n) is 9.39. The molecule has 40 heavy (non-hydrogen) atoms. The van der Waals surface area contributed by atoms with Crippen LogP contribution in [0.15, 0.2) is 127 Å². The number of hydrogen-bond donors (Lipinski definition) is 0. The highest BCUT2D eigenvalue weighted by molar-refractivity contribution is 7.26. The Morgan fingerprint density at radius 1 is 0.600 bits per heavy atom. The minimum atomic E-state index is 0.513. The number of pyridine rings is 3. The minimum absolute atomic E-state index is 0.513. The van der Waals surface area contributed by atoms with Gasteiger partial charge >= 0.3 is 0 Å². The number of aryl methyl sites for hydroxylation is 1. The van der Waals surface area contributed by atoms with E-state index in [9.17, 15) is 0 Å². The SMILES string of the molecule is Cc1ccc2c(n1)sc1c(-c3cccc(N(c4ccccc4)c4cccc(Oc5ccccc5)n4)n3)cccc12. The van der Waals surface area contributed by atoms with Crippen molar-refractivity contribution >= 4 is 49.0 Å². The molecule has 4 heterocycles. The zero-order valence-electron chi connectivity index (χ0n) is 21.7. The molecular formula is C34H24N4OS. The van der Waals surface area contributed by atoms with Gasteiger partial charge in [0.15, 0.2) is 0 Å². The van der Waals surface area contributed by atoms with Gasteiger partial charge in [0, 0.05) is 38.5 Å². The fraction of sp³-hybridized carbons (Fsp3) is 0.0294. The van der Waals surface area contributed by atoms with Gasteiger partial charge in [0.25, 0.3) is 0 Å². The Hall–Kier alpha value is -5.07. The molecule has 0 spiro atoms. The predicted octanol–water partition coefficient (Wildman–Crippen LogP) is 9.48. The Kier molecular flexibility index (Phi) is 6.15. The lowest BCUT2D eigenvalue weighted by atomic mass is 10.1. The van der Waals surface area contributed by atoms with Crippen molar-refractivity contribution in [3.05, 3.63) is 133 Å². The molecule has 4 aromatic heterocycles. The first-order valence-electron chi connectivity index (χ1n) is 13.0. The van der Waals surface area contributed by atoms with Gasteiger partial charge in [-0.1, -0.05) is 66.7 Å². The van der Waals surface area contributed by atoms with E-state index in [0.29, 0.717) is 11.7 Å². The number of aromatic nitrogens is 3. The van der Waals surface area contributed by atoms with E-state index in [-0.39, 0.29) is 0 Å². The van der Waals surface area contributed by atoms with Gasteiger partial charge in [-0.15, -0.1) is 11.3 Å². The molecule has 0 radical (unpaired) electrons. The third kappa shape index (κ3) is 4.55. The number of rotatable bonds is 6. The Bertz CT molecular complexity index is 1950. The van der Waals surface area contributed by atoms with Gasteiger partial charge in [-0.2, -0.15) is 4.98 Å². The molecule has 7 rings (SSSR count). The third-order valence-corrected chi connectivity index (χ3v) is 7.81. The van der Waals surface area contributed by atoms with Crippen molar-refractivity contribution in [3.63, 3.8) is 0 Å². The summed E-state index contributed by atoms with van der Waals surface area (Å²) in [5.41, 5.74) is 3.95. The smallest absolute Gasteiger partial charge is 0.221 e. The van der Waals surface area contributed by atoms with Gasteiger partial charge in [0.05, 0.1) is 5.69 Å². The Labute approximate surface area is 236 Å². The molecule has 0 saturated carbocycles. The zero-order chi connectivity index (χ0) is 26.9. The molecule has 0 aliphatic heterocycles. The summed E-state index contributed by atoms with van der Waals surface area (Å²) in [7, 11) is 0. The van der Waals surface area contributed by atoms with Crippen molar-refractivity contribution in [3.8, 4) is 22.9 Å². The summed E-state index contributed by atoms with van der Waals surface area (Å²) in [4.78, 5) is 17.9. The van der Waals surface area contributed by atoms with Gasteiger partial charge in [-0.25, -0.2) is 9.97 Å². The molecule has 0 bridgehead atoms. The first kappa shape index (κ1) is 24.0. The summed E-state index contributed by atoms with van der Waals surface area (Å²) in [6.45, 7) is 2.03.